The van der Waals surface area contributed by atoms with Crippen LogP contribution in [0.5, 0.6) is 0 Å². The van der Waals surface area contributed by atoms with Crippen molar-refractivity contribution in [3.05, 3.63) is 102 Å². The molecule has 0 radical (unpaired) electrons. The third-order valence-electron chi connectivity index (χ3n) is 5.92. The van der Waals surface area contributed by atoms with Crippen LogP contribution in [0.2, 0.25) is 0 Å². The highest BCUT2D eigenvalue weighted by Gasteiger charge is 2.30. The lowest BCUT2D eigenvalue weighted by molar-refractivity contribution is -0.116. The third-order valence-corrected chi connectivity index (χ3v) is 7.31. The molecule has 5 rings (SSSR count). The summed E-state index contributed by atoms with van der Waals surface area (Å²) in [6.07, 6.45) is 0.0869. The van der Waals surface area contributed by atoms with Crippen LogP contribution in [0.15, 0.2) is 94.8 Å². The molecular formula is C27H25N5O3S. The van der Waals surface area contributed by atoms with Gasteiger partial charge in [0.05, 0.1) is 23.7 Å². The van der Waals surface area contributed by atoms with Crippen molar-refractivity contribution in [1.29, 1.82) is 0 Å². The van der Waals surface area contributed by atoms with Gasteiger partial charge >= 0.3 is 0 Å². The minimum atomic E-state index is -3.61. The number of aliphatic imine (C=N–C) groups is 1. The minimum Gasteiger partial charge on any atom is -0.311 e. The Balaban J connectivity index is 1.33. The van der Waals surface area contributed by atoms with Gasteiger partial charge in [-0.15, -0.1) is 0 Å². The number of amidine groups is 1. The Morgan fingerprint density at radius 3 is 2.44 bits per heavy atom. The lowest BCUT2D eigenvalue weighted by Gasteiger charge is -2.09. The average molecular weight is 500 g/mol. The number of hydrogen-bond acceptors (Lipinski definition) is 5. The standard InChI is InChI=1S/C27H25N5O3S/c1-19-9-5-6-12-21(19)23-17-25(32(30-23)18-20-10-3-2-4-11-20)29-26(33)15-16-28-27-22-13-7-8-14-24(22)36(34,35)31-27/h2-14,17H,15-16,18H2,1H3,(H,28,31)(H,29,33). The van der Waals surface area contributed by atoms with Gasteiger partial charge < -0.3 is 5.32 Å². The molecule has 2 N–H and O–H groups in total. The van der Waals surface area contributed by atoms with Crippen LogP contribution in [-0.4, -0.2) is 36.5 Å². The van der Waals surface area contributed by atoms with E-state index in [4.69, 9.17) is 5.10 Å². The van der Waals surface area contributed by atoms with Gasteiger partial charge in [0.15, 0.2) is 0 Å². The number of sulfonamides is 1. The van der Waals surface area contributed by atoms with Gasteiger partial charge in [0, 0.05) is 23.6 Å². The zero-order valence-electron chi connectivity index (χ0n) is 19.7. The largest absolute Gasteiger partial charge is 0.311 e. The summed E-state index contributed by atoms with van der Waals surface area (Å²) in [5.74, 6) is 0.607. The normalized spacial score (nSPS) is 14.9. The molecule has 182 valence electrons. The molecule has 0 spiro atoms. The number of benzene rings is 3. The van der Waals surface area contributed by atoms with E-state index in [2.05, 4.69) is 15.0 Å². The van der Waals surface area contributed by atoms with E-state index in [1.165, 1.54) is 6.07 Å². The first-order valence-corrected chi connectivity index (χ1v) is 13.0. The monoisotopic (exact) mass is 499 g/mol. The molecule has 0 fully saturated rings. The van der Waals surface area contributed by atoms with Crippen molar-refractivity contribution in [2.24, 2.45) is 4.99 Å². The van der Waals surface area contributed by atoms with E-state index in [1.54, 1.807) is 22.9 Å². The van der Waals surface area contributed by atoms with Gasteiger partial charge in [-0.25, -0.2) is 13.1 Å². The van der Waals surface area contributed by atoms with Crippen molar-refractivity contribution in [3.8, 4) is 11.3 Å². The Hall–Kier alpha value is -4.24. The SMILES string of the molecule is Cc1ccccc1-c1cc(NC(=O)CCN=C2NS(=O)(=O)c3ccccc32)n(Cc2ccccc2)n1. The first-order valence-electron chi connectivity index (χ1n) is 11.5. The summed E-state index contributed by atoms with van der Waals surface area (Å²) >= 11 is 0. The van der Waals surface area contributed by atoms with Crippen molar-refractivity contribution < 1.29 is 13.2 Å². The maximum Gasteiger partial charge on any atom is 0.263 e. The van der Waals surface area contributed by atoms with E-state index in [-0.39, 0.29) is 29.6 Å². The molecule has 4 aromatic rings. The molecule has 2 heterocycles. The average Bonchev–Trinajstić information content (AvgIpc) is 3.37. The highest BCUT2D eigenvalue weighted by molar-refractivity contribution is 7.90. The van der Waals surface area contributed by atoms with Crippen LogP contribution < -0.4 is 10.0 Å². The number of rotatable bonds is 7. The van der Waals surface area contributed by atoms with Crippen molar-refractivity contribution >= 4 is 27.6 Å². The smallest absolute Gasteiger partial charge is 0.263 e. The maximum atomic E-state index is 12.8. The Labute approximate surface area is 209 Å². The highest BCUT2D eigenvalue weighted by Crippen LogP contribution is 2.26. The lowest BCUT2D eigenvalue weighted by Crippen LogP contribution is -2.23. The molecule has 0 aliphatic carbocycles. The number of amides is 1. The Kier molecular flexibility index (Phi) is 6.39. The van der Waals surface area contributed by atoms with Crippen LogP contribution in [-0.2, 0) is 21.4 Å². The molecule has 9 heteroatoms. The predicted octanol–water partition coefficient (Wildman–Crippen LogP) is 3.97. The molecule has 1 aliphatic rings. The van der Waals surface area contributed by atoms with Crippen molar-refractivity contribution in [3.63, 3.8) is 0 Å². The van der Waals surface area contributed by atoms with E-state index >= 15 is 0 Å². The first-order chi connectivity index (χ1) is 17.4. The number of aryl methyl sites for hydroxylation is 1. The molecule has 0 saturated carbocycles. The fourth-order valence-electron chi connectivity index (χ4n) is 4.11. The third kappa shape index (κ3) is 4.92. The fourth-order valence-corrected chi connectivity index (χ4v) is 5.36. The maximum absolute atomic E-state index is 12.8. The lowest BCUT2D eigenvalue weighted by atomic mass is 10.1. The van der Waals surface area contributed by atoms with Gasteiger partial charge in [0.25, 0.3) is 10.0 Å². The second-order valence-electron chi connectivity index (χ2n) is 8.50. The molecular weight excluding hydrogens is 474 g/mol. The molecule has 36 heavy (non-hydrogen) atoms. The number of hydrogen-bond donors (Lipinski definition) is 2. The molecule has 0 unspecified atom stereocenters. The quantitative estimate of drug-likeness (QED) is 0.401. The summed E-state index contributed by atoms with van der Waals surface area (Å²) in [7, 11) is -3.61. The summed E-state index contributed by atoms with van der Waals surface area (Å²) in [5, 5.41) is 7.73. The van der Waals surface area contributed by atoms with Crippen LogP contribution in [0, 0.1) is 6.92 Å². The van der Waals surface area contributed by atoms with Gasteiger partial charge in [-0.3, -0.25) is 14.5 Å². The summed E-state index contributed by atoms with van der Waals surface area (Å²) in [6.45, 7) is 2.66. The van der Waals surface area contributed by atoms with Crippen LogP contribution >= 0.6 is 0 Å². The number of carbonyl (C=O) groups is 1. The Bertz CT molecular complexity index is 1560. The Morgan fingerprint density at radius 2 is 1.67 bits per heavy atom. The van der Waals surface area contributed by atoms with Gasteiger partial charge in [0.2, 0.25) is 5.91 Å². The van der Waals surface area contributed by atoms with Gasteiger partial charge in [0.1, 0.15) is 11.7 Å². The van der Waals surface area contributed by atoms with Gasteiger partial charge in [-0.2, -0.15) is 5.10 Å². The molecule has 1 aliphatic heterocycles. The van der Waals surface area contributed by atoms with E-state index in [0.717, 1.165) is 22.4 Å². The van der Waals surface area contributed by atoms with Gasteiger partial charge in [-0.1, -0.05) is 66.7 Å². The number of fused-ring (bicyclic) bond motifs is 1. The molecule has 0 saturated heterocycles. The number of anilines is 1. The van der Waals surface area contributed by atoms with Crippen LogP contribution in [0.1, 0.15) is 23.1 Å². The summed E-state index contributed by atoms with van der Waals surface area (Å²) in [6, 6.07) is 26.4. The van der Waals surface area contributed by atoms with Gasteiger partial charge in [-0.05, 0) is 30.2 Å². The van der Waals surface area contributed by atoms with Crippen LogP contribution in [0.4, 0.5) is 5.82 Å². The Morgan fingerprint density at radius 1 is 0.972 bits per heavy atom. The number of nitrogens with one attached hydrogen (secondary N) is 2. The predicted molar refractivity (Wildman–Crippen MR) is 139 cm³/mol. The zero-order valence-corrected chi connectivity index (χ0v) is 20.5. The van der Waals surface area contributed by atoms with E-state index in [0.29, 0.717) is 17.9 Å². The van der Waals surface area contributed by atoms with E-state index < -0.39 is 10.0 Å². The number of nitrogens with zero attached hydrogens (tertiary/aromatic N) is 3. The fraction of sp³-hybridized carbons (Fsp3) is 0.148. The molecule has 1 amide bonds. The topological polar surface area (TPSA) is 105 Å². The molecule has 3 aromatic carbocycles. The van der Waals surface area contributed by atoms with Crippen LogP contribution in [0.25, 0.3) is 11.3 Å². The number of aromatic nitrogens is 2. The molecule has 8 nitrogen and oxygen atoms in total. The minimum absolute atomic E-state index is 0.0869. The molecule has 1 aromatic heterocycles. The summed E-state index contributed by atoms with van der Waals surface area (Å²) in [5.41, 5.74) is 4.44. The zero-order chi connectivity index (χ0) is 25.1. The molecule has 0 bridgehead atoms. The molecule has 0 atom stereocenters. The second-order valence-corrected chi connectivity index (χ2v) is 10.2. The summed E-state index contributed by atoms with van der Waals surface area (Å²) < 4.78 is 28.7. The van der Waals surface area contributed by atoms with E-state index in [9.17, 15) is 13.2 Å². The first kappa shape index (κ1) is 23.5. The van der Waals surface area contributed by atoms with Crippen molar-refractivity contribution in [2.45, 2.75) is 24.8 Å². The van der Waals surface area contributed by atoms with Crippen LogP contribution in [0.3, 0.4) is 0 Å². The second kappa shape index (κ2) is 9.79. The number of carbonyl (C=O) groups excluding carboxylic acids is 1. The van der Waals surface area contributed by atoms with Crippen molar-refractivity contribution in [2.75, 3.05) is 11.9 Å². The highest BCUT2D eigenvalue weighted by atomic mass is 32.2. The van der Waals surface area contributed by atoms with E-state index in [1.807, 2.05) is 67.6 Å². The summed E-state index contributed by atoms with van der Waals surface area (Å²) in [4.78, 5) is 17.4. The van der Waals surface area contributed by atoms with Crippen molar-refractivity contribution in [1.82, 2.24) is 14.5 Å².